The van der Waals surface area contributed by atoms with Crippen LogP contribution in [0.3, 0.4) is 0 Å². The van der Waals surface area contributed by atoms with E-state index in [4.69, 9.17) is 4.74 Å². The molecule has 2 aromatic carbocycles. The molecule has 5 nitrogen and oxygen atoms in total. The monoisotopic (exact) mass is 402 g/mol. The minimum atomic E-state index is -3.52. The minimum Gasteiger partial charge on any atom is -0.496 e. The maximum Gasteiger partial charge on any atom is 0.243 e. The van der Waals surface area contributed by atoms with Crippen molar-refractivity contribution < 1.29 is 13.2 Å². The number of anilines is 1. The number of aryl methyl sites for hydroxylation is 1. The van der Waals surface area contributed by atoms with Crippen molar-refractivity contribution in [2.45, 2.75) is 38.5 Å². The minimum absolute atomic E-state index is 0.186. The van der Waals surface area contributed by atoms with E-state index in [9.17, 15) is 8.42 Å². The number of piperazine rings is 1. The van der Waals surface area contributed by atoms with E-state index in [1.807, 2.05) is 13.8 Å². The third-order valence-corrected chi connectivity index (χ3v) is 7.51. The summed E-state index contributed by atoms with van der Waals surface area (Å²) in [6.07, 6.45) is 0. The Morgan fingerprint density at radius 3 is 2.29 bits per heavy atom. The Balaban J connectivity index is 1.80. The number of hydrogen-bond donors (Lipinski definition) is 0. The Hall–Kier alpha value is -2.05. The predicted molar refractivity (Wildman–Crippen MR) is 114 cm³/mol. The molecule has 0 radical (unpaired) electrons. The highest BCUT2D eigenvalue weighted by molar-refractivity contribution is 7.89. The van der Waals surface area contributed by atoms with Gasteiger partial charge in [-0.05, 0) is 60.7 Å². The van der Waals surface area contributed by atoms with Gasteiger partial charge in [-0.2, -0.15) is 4.31 Å². The van der Waals surface area contributed by atoms with Gasteiger partial charge in [-0.25, -0.2) is 8.42 Å². The first-order valence-electron chi connectivity index (χ1n) is 9.75. The molecule has 0 amide bonds. The van der Waals surface area contributed by atoms with Crippen LogP contribution in [0.2, 0.25) is 0 Å². The van der Waals surface area contributed by atoms with E-state index in [1.54, 1.807) is 29.6 Å². The van der Waals surface area contributed by atoms with Gasteiger partial charge in [-0.15, -0.1) is 0 Å². The SMILES string of the molecule is COc1ccc(S(=O)(=O)N2CCN(c3cccc(C)c3C)CC2)cc1C(C)C. The van der Waals surface area contributed by atoms with Crippen molar-refractivity contribution in [3.8, 4) is 5.75 Å². The molecule has 0 unspecified atom stereocenters. The molecule has 152 valence electrons. The molecular formula is C22H30N2O3S. The first-order valence-corrected chi connectivity index (χ1v) is 11.2. The van der Waals surface area contributed by atoms with Gasteiger partial charge >= 0.3 is 0 Å². The molecule has 0 aromatic heterocycles. The highest BCUT2D eigenvalue weighted by Crippen LogP contribution is 2.31. The number of benzene rings is 2. The Morgan fingerprint density at radius 2 is 1.68 bits per heavy atom. The van der Waals surface area contributed by atoms with Crippen molar-refractivity contribution in [1.82, 2.24) is 4.31 Å². The summed E-state index contributed by atoms with van der Waals surface area (Å²) in [5.74, 6) is 0.917. The highest BCUT2D eigenvalue weighted by Gasteiger charge is 2.29. The van der Waals surface area contributed by atoms with E-state index in [0.29, 0.717) is 31.1 Å². The molecule has 0 spiro atoms. The number of nitrogens with zero attached hydrogens (tertiary/aromatic N) is 2. The number of ether oxygens (including phenoxy) is 1. The molecule has 1 saturated heterocycles. The lowest BCUT2D eigenvalue weighted by Crippen LogP contribution is -2.48. The van der Waals surface area contributed by atoms with Crippen molar-refractivity contribution in [3.63, 3.8) is 0 Å². The first-order chi connectivity index (χ1) is 13.3. The second-order valence-electron chi connectivity index (χ2n) is 7.67. The third kappa shape index (κ3) is 3.89. The number of methoxy groups -OCH3 is 1. The van der Waals surface area contributed by atoms with Crippen molar-refractivity contribution in [2.75, 3.05) is 38.2 Å². The van der Waals surface area contributed by atoms with Crippen LogP contribution in [0.25, 0.3) is 0 Å². The molecule has 3 rings (SSSR count). The van der Waals surface area contributed by atoms with Gasteiger partial charge in [0.1, 0.15) is 5.75 Å². The molecule has 0 N–H and O–H groups in total. The molecule has 28 heavy (non-hydrogen) atoms. The molecule has 0 aliphatic carbocycles. The molecular weight excluding hydrogens is 372 g/mol. The predicted octanol–water partition coefficient (Wildman–Crippen LogP) is 3.95. The van der Waals surface area contributed by atoms with Crippen LogP contribution in [0.1, 0.15) is 36.5 Å². The lowest BCUT2D eigenvalue weighted by molar-refractivity contribution is 0.384. The van der Waals surface area contributed by atoms with Crippen LogP contribution in [-0.4, -0.2) is 46.0 Å². The normalized spacial score (nSPS) is 15.9. The second kappa shape index (κ2) is 8.13. The van der Waals surface area contributed by atoms with Crippen LogP contribution < -0.4 is 9.64 Å². The summed E-state index contributed by atoms with van der Waals surface area (Å²) in [4.78, 5) is 2.62. The second-order valence-corrected chi connectivity index (χ2v) is 9.61. The molecule has 1 aliphatic heterocycles. The van der Waals surface area contributed by atoms with Crippen LogP contribution in [0, 0.1) is 13.8 Å². The van der Waals surface area contributed by atoms with E-state index in [-0.39, 0.29) is 5.92 Å². The standard InChI is InChI=1S/C22H30N2O3S/c1-16(2)20-15-19(9-10-22(20)27-5)28(25,26)24-13-11-23(12-14-24)21-8-6-7-17(3)18(21)4/h6-10,15-16H,11-14H2,1-5H3. The van der Waals surface area contributed by atoms with E-state index in [0.717, 1.165) is 11.3 Å². The lowest BCUT2D eigenvalue weighted by Gasteiger charge is -2.36. The Morgan fingerprint density at radius 1 is 1.00 bits per heavy atom. The number of sulfonamides is 1. The average Bonchev–Trinajstić information content (AvgIpc) is 2.69. The summed E-state index contributed by atoms with van der Waals surface area (Å²) in [5, 5.41) is 0. The van der Waals surface area contributed by atoms with Crippen molar-refractivity contribution >= 4 is 15.7 Å². The summed E-state index contributed by atoms with van der Waals surface area (Å²) in [5.41, 5.74) is 4.63. The molecule has 1 heterocycles. The molecule has 1 aliphatic rings. The van der Waals surface area contributed by atoms with Crippen LogP contribution in [0.4, 0.5) is 5.69 Å². The molecule has 6 heteroatoms. The fourth-order valence-corrected chi connectivity index (χ4v) is 5.18. The Bertz CT molecular complexity index is 946. The smallest absolute Gasteiger partial charge is 0.243 e. The average molecular weight is 403 g/mol. The van der Waals surface area contributed by atoms with Crippen LogP contribution >= 0.6 is 0 Å². The van der Waals surface area contributed by atoms with Crippen molar-refractivity contribution in [2.24, 2.45) is 0 Å². The van der Waals surface area contributed by atoms with E-state index < -0.39 is 10.0 Å². The molecule has 0 bridgehead atoms. The van der Waals surface area contributed by atoms with Gasteiger partial charge in [0.15, 0.2) is 0 Å². The van der Waals surface area contributed by atoms with Gasteiger partial charge in [0.25, 0.3) is 0 Å². The van der Waals surface area contributed by atoms with E-state index in [2.05, 4.69) is 36.9 Å². The molecule has 0 saturated carbocycles. The fraction of sp³-hybridized carbons (Fsp3) is 0.455. The van der Waals surface area contributed by atoms with Gasteiger partial charge < -0.3 is 9.64 Å². The van der Waals surface area contributed by atoms with Crippen molar-refractivity contribution in [3.05, 3.63) is 53.1 Å². The van der Waals surface area contributed by atoms with Crippen molar-refractivity contribution in [1.29, 1.82) is 0 Å². The van der Waals surface area contributed by atoms with Gasteiger partial charge in [0, 0.05) is 31.9 Å². The first kappa shape index (κ1) is 20.7. The Labute approximate surface area is 169 Å². The summed E-state index contributed by atoms with van der Waals surface area (Å²) in [6.45, 7) is 10.7. The highest BCUT2D eigenvalue weighted by atomic mass is 32.2. The zero-order valence-electron chi connectivity index (χ0n) is 17.4. The van der Waals surface area contributed by atoms with Crippen LogP contribution in [0.15, 0.2) is 41.3 Å². The van der Waals surface area contributed by atoms with Crippen LogP contribution in [-0.2, 0) is 10.0 Å². The van der Waals surface area contributed by atoms with Gasteiger partial charge in [0.05, 0.1) is 12.0 Å². The number of hydrogen-bond acceptors (Lipinski definition) is 4. The number of rotatable bonds is 5. The largest absolute Gasteiger partial charge is 0.496 e. The van der Waals surface area contributed by atoms with Gasteiger partial charge in [0.2, 0.25) is 10.0 Å². The summed E-state index contributed by atoms with van der Waals surface area (Å²) in [6, 6.07) is 11.5. The summed E-state index contributed by atoms with van der Waals surface area (Å²) >= 11 is 0. The quantitative estimate of drug-likeness (QED) is 0.760. The van der Waals surface area contributed by atoms with Crippen LogP contribution in [0.5, 0.6) is 5.75 Å². The maximum absolute atomic E-state index is 13.2. The molecule has 2 aromatic rings. The maximum atomic E-state index is 13.2. The zero-order chi connectivity index (χ0) is 20.5. The van der Waals surface area contributed by atoms with E-state index >= 15 is 0 Å². The topological polar surface area (TPSA) is 49.9 Å². The third-order valence-electron chi connectivity index (χ3n) is 5.62. The van der Waals surface area contributed by atoms with Gasteiger partial charge in [-0.3, -0.25) is 0 Å². The molecule has 1 fully saturated rings. The Kier molecular flexibility index (Phi) is 6.01. The lowest BCUT2D eigenvalue weighted by atomic mass is 10.0. The van der Waals surface area contributed by atoms with E-state index in [1.165, 1.54) is 16.8 Å². The fourth-order valence-electron chi connectivity index (χ4n) is 3.72. The molecule has 0 atom stereocenters. The summed E-state index contributed by atoms with van der Waals surface area (Å²) < 4.78 is 33.4. The van der Waals surface area contributed by atoms with Gasteiger partial charge in [-0.1, -0.05) is 26.0 Å². The zero-order valence-corrected chi connectivity index (χ0v) is 18.2. The summed E-state index contributed by atoms with van der Waals surface area (Å²) in [7, 11) is -1.90.